The highest BCUT2D eigenvalue weighted by atomic mass is 31.2. The van der Waals surface area contributed by atoms with E-state index in [-0.39, 0.29) is 18.1 Å². The first kappa shape index (κ1) is 23.5. The fourth-order valence-corrected chi connectivity index (χ4v) is 4.36. The summed E-state index contributed by atoms with van der Waals surface area (Å²) in [6.45, 7) is 2.54. The van der Waals surface area contributed by atoms with Crippen LogP contribution in [0.25, 0.3) is 10.9 Å². The van der Waals surface area contributed by atoms with Crippen LogP contribution in [0, 0.1) is 6.92 Å². The van der Waals surface area contributed by atoms with Crippen molar-refractivity contribution in [3.63, 3.8) is 0 Å². The molecule has 3 rings (SSSR count). The number of unbranched alkanes of at least 4 members (excludes halogenated alkanes) is 1. The molecule has 0 saturated carbocycles. The number of nitrogens with zero attached hydrogens (tertiary/aromatic N) is 1. The number of para-hydroxylation sites is 1. The van der Waals surface area contributed by atoms with E-state index in [2.05, 4.69) is 30.1 Å². The lowest BCUT2D eigenvalue weighted by atomic mass is 10.00. The van der Waals surface area contributed by atoms with Gasteiger partial charge in [-0.15, -0.1) is 0 Å². The molecule has 0 aliphatic carbocycles. The summed E-state index contributed by atoms with van der Waals surface area (Å²) in [6, 6.07) is 8.29. The van der Waals surface area contributed by atoms with Gasteiger partial charge in [-0.1, -0.05) is 42.5 Å². The average molecular weight is 446 g/mol. The predicted octanol–water partition coefficient (Wildman–Crippen LogP) is 3.44. The van der Waals surface area contributed by atoms with E-state index < -0.39 is 13.7 Å². The van der Waals surface area contributed by atoms with E-state index in [9.17, 15) is 14.5 Å². The van der Waals surface area contributed by atoms with E-state index in [1.54, 1.807) is 11.0 Å². The van der Waals surface area contributed by atoms with Crippen LogP contribution in [-0.2, 0) is 15.8 Å². The lowest BCUT2D eigenvalue weighted by Gasteiger charge is -2.38. The summed E-state index contributed by atoms with van der Waals surface area (Å²) in [7, 11) is -3.94. The maximum Gasteiger partial charge on any atom is 0.325 e. The van der Waals surface area contributed by atoms with E-state index in [1.807, 2.05) is 24.3 Å². The van der Waals surface area contributed by atoms with Crippen molar-refractivity contribution >= 4 is 24.4 Å². The molecule has 8 heteroatoms. The van der Waals surface area contributed by atoms with Gasteiger partial charge in [0, 0.05) is 17.8 Å². The van der Waals surface area contributed by atoms with E-state index in [0.29, 0.717) is 32.2 Å². The van der Waals surface area contributed by atoms with Gasteiger partial charge in [0.15, 0.2) is 0 Å². The fourth-order valence-electron chi connectivity index (χ4n) is 3.77. The van der Waals surface area contributed by atoms with Gasteiger partial charge in [-0.2, -0.15) is 0 Å². The molecule has 1 aromatic heterocycles. The molecule has 4 N–H and O–H groups in total. The molecule has 0 radical (unpaired) electrons. The number of carbonyl (C=O) groups excluding carboxylic acids is 1. The number of aromatic nitrogens is 1. The molecule has 1 saturated heterocycles. The van der Waals surface area contributed by atoms with Crippen LogP contribution in [0.2, 0.25) is 0 Å². The number of H-pyrrole nitrogens is 1. The summed E-state index contributed by atoms with van der Waals surface area (Å²) in [5.74, 6) is 0.0671. The van der Waals surface area contributed by atoms with Crippen LogP contribution in [0.3, 0.4) is 0 Å². The van der Waals surface area contributed by atoms with Crippen LogP contribution in [0.5, 0.6) is 0 Å². The minimum atomic E-state index is -3.94. The zero-order valence-corrected chi connectivity index (χ0v) is 18.7. The Balaban J connectivity index is 1.41. The molecule has 2 atom stereocenters. The van der Waals surface area contributed by atoms with Gasteiger partial charge in [-0.25, -0.2) is 0 Å². The number of nitrogens with one attached hydrogen (secondary N) is 1. The van der Waals surface area contributed by atoms with Crippen LogP contribution in [0.1, 0.15) is 36.9 Å². The first-order valence-electron chi connectivity index (χ1n) is 10.7. The van der Waals surface area contributed by atoms with Crippen LogP contribution >= 0.6 is 7.60 Å². The smallest absolute Gasteiger partial charge is 0.325 e. The van der Waals surface area contributed by atoms with E-state index in [4.69, 9.17) is 9.79 Å². The second-order valence-electron chi connectivity index (χ2n) is 8.14. The maximum atomic E-state index is 11.8. The third-order valence-electron chi connectivity index (χ3n) is 5.58. The van der Waals surface area contributed by atoms with Crippen molar-refractivity contribution in [2.24, 2.45) is 0 Å². The van der Waals surface area contributed by atoms with Crippen molar-refractivity contribution in [3.05, 3.63) is 59.8 Å². The third-order valence-corrected chi connectivity index (χ3v) is 6.48. The molecule has 1 aliphatic rings. The fraction of sp³-hybridized carbons (Fsp3) is 0.435. The van der Waals surface area contributed by atoms with Gasteiger partial charge in [-0.3, -0.25) is 9.36 Å². The molecule has 1 amide bonds. The minimum absolute atomic E-state index is 0.0161. The van der Waals surface area contributed by atoms with E-state index >= 15 is 0 Å². The molecule has 7 nitrogen and oxygen atoms in total. The highest BCUT2D eigenvalue weighted by Gasteiger charge is 2.32. The number of benzene rings is 1. The zero-order chi connectivity index (χ0) is 22.4. The van der Waals surface area contributed by atoms with Crippen LogP contribution < -0.4 is 0 Å². The molecular weight excluding hydrogens is 415 g/mol. The number of aromatic amines is 1. The molecule has 2 heterocycles. The number of hydrogen-bond donors (Lipinski definition) is 4. The van der Waals surface area contributed by atoms with Gasteiger partial charge >= 0.3 is 7.60 Å². The highest BCUT2D eigenvalue weighted by Crippen LogP contribution is 2.35. The quantitative estimate of drug-likeness (QED) is 0.183. The second kappa shape index (κ2) is 10.4. The first-order chi connectivity index (χ1) is 14.7. The predicted molar refractivity (Wildman–Crippen MR) is 122 cm³/mol. The van der Waals surface area contributed by atoms with Crippen molar-refractivity contribution in [2.75, 3.05) is 12.7 Å². The molecule has 1 fully saturated rings. The Hall–Kier alpha value is -2.18. The molecule has 1 aromatic carbocycles. The Kier molecular flexibility index (Phi) is 7.89. The van der Waals surface area contributed by atoms with Crippen LogP contribution in [0.4, 0.5) is 0 Å². The van der Waals surface area contributed by atoms with E-state index in [0.717, 1.165) is 17.6 Å². The lowest BCUT2D eigenvalue weighted by Crippen LogP contribution is -2.51. The number of β-lactam (4-membered cyclic amide) rings is 1. The molecule has 2 aromatic rings. The SMILES string of the molecule is Cc1cccc2cc(CCC(O)C=C[C@H]3CC(=O)N3CC=CCCCP(=O)(O)O)[nH]c12. The second-order valence-corrected chi connectivity index (χ2v) is 9.92. The van der Waals surface area contributed by atoms with Crippen molar-refractivity contribution in [3.8, 4) is 0 Å². The van der Waals surface area contributed by atoms with Gasteiger partial charge in [0.05, 0.1) is 24.7 Å². The van der Waals surface area contributed by atoms with Gasteiger partial charge in [0.25, 0.3) is 0 Å². The summed E-state index contributed by atoms with van der Waals surface area (Å²) >= 11 is 0. The molecular formula is C23H31N2O5P. The van der Waals surface area contributed by atoms with Crippen molar-refractivity contribution < 1.29 is 24.3 Å². The van der Waals surface area contributed by atoms with Gasteiger partial charge in [-0.05, 0) is 49.6 Å². The number of aryl methyl sites for hydroxylation is 2. The standard InChI is InChI=1S/C23H31N2O5P/c1-17-7-6-8-18-15-19(24-23(17)18)9-11-21(26)12-10-20-16-22(27)25(20)13-4-2-3-5-14-31(28,29)30/h2,4,6-8,10,12,15,20-21,24,26H,3,5,9,11,13-14,16H2,1H3,(H2,28,29,30)/t20-,21?/m0/s1. The Morgan fingerprint density at radius 3 is 2.84 bits per heavy atom. The Morgan fingerprint density at radius 1 is 1.32 bits per heavy atom. The van der Waals surface area contributed by atoms with Gasteiger partial charge < -0.3 is 24.8 Å². The van der Waals surface area contributed by atoms with Crippen molar-refractivity contribution in [2.45, 2.75) is 51.2 Å². The monoisotopic (exact) mass is 446 g/mol. The molecule has 168 valence electrons. The summed E-state index contributed by atoms with van der Waals surface area (Å²) in [4.78, 5) is 34.7. The van der Waals surface area contributed by atoms with Crippen molar-refractivity contribution in [1.29, 1.82) is 0 Å². The molecule has 0 spiro atoms. The Morgan fingerprint density at radius 2 is 2.13 bits per heavy atom. The summed E-state index contributed by atoms with van der Waals surface area (Å²) in [5.41, 5.74) is 3.44. The number of carbonyl (C=O) groups is 1. The normalized spacial score (nSPS) is 18.4. The molecule has 1 unspecified atom stereocenters. The number of fused-ring (bicyclic) bond motifs is 1. The Labute approximate surface area is 182 Å². The number of rotatable bonds is 11. The zero-order valence-electron chi connectivity index (χ0n) is 17.8. The largest absolute Gasteiger partial charge is 0.389 e. The topological polar surface area (TPSA) is 114 Å². The maximum absolute atomic E-state index is 11.8. The Bertz CT molecular complexity index is 1010. The average Bonchev–Trinajstić information content (AvgIpc) is 3.12. The lowest BCUT2D eigenvalue weighted by molar-refractivity contribution is -0.142. The minimum Gasteiger partial charge on any atom is -0.389 e. The first-order valence-corrected chi connectivity index (χ1v) is 12.5. The van der Waals surface area contributed by atoms with Crippen LogP contribution in [0.15, 0.2) is 48.6 Å². The van der Waals surface area contributed by atoms with Crippen molar-refractivity contribution in [1.82, 2.24) is 9.88 Å². The molecule has 0 bridgehead atoms. The number of amides is 1. The number of allylic oxidation sites excluding steroid dienone is 1. The van der Waals surface area contributed by atoms with Gasteiger partial charge in [0.1, 0.15) is 0 Å². The van der Waals surface area contributed by atoms with Crippen LogP contribution in [-0.4, -0.2) is 55.5 Å². The third kappa shape index (κ3) is 6.91. The van der Waals surface area contributed by atoms with E-state index in [1.165, 1.54) is 10.9 Å². The molecule has 31 heavy (non-hydrogen) atoms. The summed E-state index contributed by atoms with van der Waals surface area (Å²) < 4.78 is 10.8. The summed E-state index contributed by atoms with van der Waals surface area (Å²) in [5, 5.41) is 11.5. The number of aliphatic hydroxyl groups excluding tert-OH is 1. The number of likely N-dealkylation sites (tertiary alicyclic amines) is 1. The number of aliphatic hydroxyl groups is 1. The highest BCUT2D eigenvalue weighted by molar-refractivity contribution is 7.51. The summed E-state index contributed by atoms with van der Waals surface area (Å²) in [6.07, 6.45) is 9.42. The number of hydrogen-bond acceptors (Lipinski definition) is 3. The van der Waals surface area contributed by atoms with Gasteiger partial charge in [0.2, 0.25) is 5.91 Å². The molecule has 1 aliphatic heterocycles.